The van der Waals surface area contributed by atoms with Crippen molar-refractivity contribution in [3.8, 4) is 0 Å². The minimum Gasteiger partial charge on any atom is -0.348 e. The van der Waals surface area contributed by atoms with E-state index in [0.717, 1.165) is 5.13 Å². The maximum Gasteiger partial charge on any atom is 0.270 e. The first-order valence-corrected chi connectivity index (χ1v) is 9.84. The molecule has 1 aliphatic rings. The van der Waals surface area contributed by atoms with Crippen LogP contribution >= 0.6 is 11.3 Å². The van der Waals surface area contributed by atoms with Crippen LogP contribution in [0.15, 0.2) is 35.4 Å². The van der Waals surface area contributed by atoms with E-state index in [2.05, 4.69) is 25.2 Å². The second kappa shape index (κ2) is 7.51. The molecule has 2 aromatic heterocycles. The fourth-order valence-electron chi connectivity index (χ4n) is 3.25. The van der Waals surface area contributed by atoms with Crippen molar-refractivity contribution in [2.24, 2.45) is 5.92 Å². The van der Waals surface area contributed by atoms with Gasteiger partial charge in [0.1, 0.15) is 4.70 Å². The number of hydrogen-bond acceptors (Lipinski definition) is 7. The van der Waals surface area contributed by atoms with E-state index in [4.69, 9.17) is 0 Å². The Hall–Kier alpha value is -3.07. The predicted molar refractivity (Wildman–Crippen MR) is 108 cm³/mol. The van der Waals surface area contributed by atoms with Crippen molar-refractivity contribution < 1.29 is 9.59 Å². The summed E-state index contributed by atoms with van der Waals surface area (Å²) in [5.41, 5.74) is 1.58. The third kappa shape index (κ3) is 3.65. The van der Waals surface area contributed by atoms with E-state index >= 15 is 0 Å². The van der Waals surface area contributed by atoms with Gasteiger partial charge in [-0.05, 0) is 44.0 Å². The number of benzene rings is 1. The van der Waals surface area contributed by atoms with Crippen LogP contribution < -0.4 is 15.8 Å². The maximum absolute atomic E-state index is 12.5. The summed E-state index contributed by atoms with van der Waals surface area (Å²) in [5, 5.41) is 3.69. The van der Waals surface area contributed by atoms with Gasteiger partial charge >= 0.3 is 0 Å². The topological polar surface area (TPSA) is 108 Å². The Labute approximate surface area is 164 Å². The molecule has 1 saturated heterocycles. The van der Waals surface area contributed by atoms with Gasteiger partial charge in [0.05, 0.1) is 6.33 Å². The summed E-state index contributed by atoms with van der Waals surface area (Å²) in [6.45, 7) is 2.90. The number of carbonyl (C=O) groups excluding carboxylic acids is 2. The highest BCUT2D eigenvalue weighted by molar-refractivity contribution is 7.22. The molecule has 0 saturated carbocycles. The van der Waals surface area contributed by atoms with Gasteiger partial charge in [-0.1, -0.05) is 11.3 Å². The van der Waals surface area contributed by atoms with E-state index in [0.29, 0.717) is 47.5 Å². The second-order valence-corrected chi connectivity index (χ2v) is 7.74. The van der Waals surface area contributed by atoms with Crippen molar-refractivity contribution in [1.29, 1.82) is 0 Å². The Kier molecular flexibility index (Phi) is 4.91. The zero-order valence-electron chi connectivity index (χ0n) is 15.3. The van der Waals surface area contributed by atoms with Crippen LogP contribution in [0, 0.1) is 5.92 Å². The molecule has 2 N–H and O–H groups in total. The summed E-state index contributed by atoms with van der Waals surface area (Å²) in [6.07, 6.45) is 2.77. The molecule has 3 aromatic rings. The first-order valence-electron chi connectivity index (χ1n) is 9.02. The normalized spacial score (nSPS) is 15.0. The lowest BCUT2D eigenvalue weighted by Gasteiger charge is -2.30. The maximum atomic E-state index is 12.5. The highest BCUT2D eigenvalue weighted by Gasteiger charge is 2.27. The molecule has 1 amide bonds. The number of amides is 1. The molecule has 9 heteroatoms. The molecule has 0 atom stereocenters. The molecule has 8 nitrogen and oxygen atoms in total. The lowest BCUT2D eigenvalue weighted by Crippen LogP contribution is -2.38. The number of nitrogens with zero attached hydrogens (tertiary/aromatic N) is 3. The van der Waals surface area contributed by atoms with Gasteiger partial charge in [-0.25, -0.2) is 4.98 Å². The molecule has 0 bridgehead atoms. The Balaban J connectivity index is 1.37. The minimum atomic E-state index is -0.182. The minimum absolute atomic E-state index is 0.00251. The summed E-state index contributed by atoms with van der Waals surface area (Å²) in [4.78, 5) is 48.9. The van der Waals surface area contributed by atoms with Crippen LogP contribution in [0.25, 0.3) is 10.3 Å². The molecule has 4 rings (SSSR count). The van der Waals surface area contributed by atoms with Crippen molar-refractivity contribution in [2.45, 2.75) is 19.8 Å². The smallest absolute Gasteiger partial charge is 0.270 e. The highest BCUT2D eigenvalue weighted by atomic mass is 32.1. The molecule has 0 unspecified atom stereocenters. The Morgan fingerprint density at radius 1 is 1.21 bits per heavy atom. The molecule has 0 spiro atoms. The number of aromatic amines is 1. The van der Waals surface area contributed by atoms with Crippen LogP contribution in [0.3, 0.4) is 0 Å². The molecular formula is C19H19N5O3S. The molecule has 1 aromatic carbocycles. The number of ketones is 1. The lowest BCUT2D eigenvalue weighted by molar-refractivity contribution is -0.120. The number of hydrogen-bond donors (Lipinski definition) is 2. The number of Topliss-reactive ketones (excluding diaryl/α,β-unsaturated/α-hetero) is 1. The van der Waals surface area contributed by atoms with Crippen molar-refractivity contribution in [2.75, 3.05) is 23.3 Å². The number of aromatic nitrogens is 3. The third-order valence-electron chi connectivity index (χ3n) is 4.88. The van der Waals surface area contributed by atoms with E-state index in [-0.39, 0.29) is 23.2 Å². The van der Waals surface area contributed by atoms with Gasteiger partial charge in [-0.2, -0.15) is 4.98 Å². The van der Waals surface area contributed by atoms with Gasteiger partial charge in [0.25, 0.3) is 5.56 Å². The van der Waals surface area contributed by atoms with Crippen molar-refractivity contribution >= 4 is 44.2 Å². The number of thiazole rings is 1. The van der Waals surface area contributed by atoms with Crippen LogP contribution in [-0.4, -0.2) is 39.7 Å². The zero-order valence-corrected chi connectivity index (χ0v) is 16.1. The first kappa shape index (κ1) is 18.3. The Morgan fingerprint density at radius 3 is 2.57 bits per heavy atom. The molecule has 1 fully saturated rings. The van der Waals surface area contributed by atoms with Gasteiger partial charge < -0.3 is 15.2 Å². The molecule has 3 heterocycles. The van der Waals surface area contributed by atoms with E-state index in [9.17, 15) is 14.4 Å². The van der Waals surface area contributed by atoms with E-state index < -0.39 is 0 Å². The fraction of sp³-hybridized carbons (Fsp3) is 0.316. The highest BCUT2D eigenvalue weighted by Crippen LogP contribution is 2.29. The van der Waals surface area contributed by atoms with E-state index in [1.165, 1.54) is 24.6 Å². The quantitative estimate of drug-likeness (QED) is 0.655. The molecule has 144 valence electrons. The molecule has 28 heavy (non-hydrogen) atoms. The van der Waals surface area contributed by atoms with Crippen molar-refractivity contribution in [3.63, 3.8) is 0 Å². The van der Waals surface area contributed by atoms with E-state index in [1.807, 2.05) is 0 Å². The standard InChI is InChI=1S/C19H19N5O3S/c1-11(25)12-2-4-14(5-3-12)22-17(26)13-6-8-24(9-7-13)19-23-16-15(28-19)18(27)21-10-20-16/h2-5,10,13H,6-9H2,1H3,(H,22,26)(H,20,21,27). The number of anilines is 2. The summed E-state index contributed by atoms with van der Waals surface area (Å²) in [7, 11) is 0. The Bertz CT molecular complexity index is 1080. The van der Waals surface area contributed by atoms with Gasteiger partial charge in [-0.15, -0.1) is 0 Å². The summed E-state index contributed by atoms with van der Waals surface area (Å²) in [5.74, 6) is -0.102. The molecule has 1 aliphatic heterocycles. The summed E-state index contributed by atoms with van der Waals surface area (Å²) < 4.78 is 0.520. The number of nitrogens with one attached hydrogen (secondary N) is 2. The van der Waals surface area contributed by atoms with Crippen molar-refractivity contribution in [3.05, 3.63) is 46.5 Å². The molecule has 0 aliphatic carbocycles. The Morgan fingerprint density at radius 2 is 1.93 bits per heavy atom. The number of piperidine rings is 1. The zero-order chi connectivity index (χ0) is 19.7. The molecular weight excluding hydrogens is 378 g/mol. The van der Waals surface area contributed by atoms with Gasteiger partial charge in [0.2, 0.25) is 5.91 Å². The van der Waals surface area contributed by atoms with E-state index in [1.54, 1.807) is 24.3 Å². The second-order valence-electron chi connectivity index (χ2n) is 6.76. The average Bonchev–Trinajstić information content (AvgIpc) is 3.14. The monoisotopic (exact) mass is 397 g/mol. The van der Waals surface area contributed by atoms with Gasteiger partial charge in [0, 0.05) is 30.3 Å². The summed E-state index contributed by atoms with van der Waals surface area (Å²) >= 11 is 1.33. The van der Waals surface area contributed by atoms with Crippen molar-refractivity contribution in [1.82, 2.24) is 15.0 Å². The van der Waals surface area contributed by atoms with Crippen LogP contribution in [0.5, 0.6) is 0 Å². The van der Waals surface area contributed by atoms with Gasteiger partial charge in [-0.3, -0.25) is 14.4 Å². The van der Waals surface area contributed by atoms with Crippen LogP contribution in [0.4, 0.5) is 10.8 Å². The van der Waals surface area contributed by atoms with Gasteiger partial charge in [0.15, 0.2) is 16.6 Å². The first-order chi connectivity index (χ1) is 13.5. The SMILES string of the molecule is CC(=O)c1ccc(NC(=O)C2CCN(c3nc4nc[nH]c(=O)c4s3)CC2)cc1. The number of H-pyrrole nitrogens is 1. The third-order valence-corrected chi connectivity index (χ3v) is 5.99. The van der Waals surface area contributed by atoms with Crippen LogP contribution in [-0.2, 0) is 4.79 Å². The summed E-state index contributed by atoms with van der Waals surface area (Å²) in [6, 6.07) is 6.91. The lowest BCUT2D eigenvalue weighted by atomic mass is 9.96. The van der Waals surface area contributed by atoms with Crippen LogP contribution in [0.2, 0.25) is 0 Å². The number of rotatable bonds is 4. The average molecular weight is 397 g/mol. The number of carbonyl (C=O) groups is 2. The molecule has 0 radical (unpaired) electrons. The predicted octanol–water partition coefficient (Wildman–Crippen LogP) is 2.44. The largest absolute Gasteiger partial charge is 0.348 e. The fourth-order valence-corrected chi connectivity index (χ4v) is 4.22. The number of fused-ring (bicyclic) bond motifs is 1. The van der Waals surface area contributed by atoms with Crippen LogP contribution in [0.1, 0.15) is 30.1 Å².